The summed E-state index contributed by atoms with van der Waals surface area (Å²) in [6, 6.07) is 2.34. The Morgan fingerprint density at radius 2 is 2.16 bits per heavy atom. The third-order valence-electron chi connectivity index (χ3n) is 4.41. The van der Waals surface area contributed by atoms with Gasteiger partial charge in [0.25, 0.3) is 0 Å². The molecule has 3 unspecified atom stereocenters. The molecule has 1 saturated heterocycles. The maximum atomic E-state index is 12.8. The van der Waals surface area contributed by atoms with E-state index in [9.17, 15) is 4.79 Å². The van der Waals surface area contributed by atoms with Crippen molar-refractivity contribution < 1.29 is 4.79 Å². The minimum atomic E-state index is -0.435. The molecule has 106 valence electrons. The zero-order valence-electron chi connectivity index (χ0n) is 12.4. The van der Waals surface area contributed by atoms with Gasteiger partial charge in [-0.15, -0.1) is 0 Å². The zero-order chi connectivity index (χ0) is 14.2. The van der Waals surface area contributed by atoms with Crippen molar-refractivity contribution in [1.29, 1.82) is 0 Å². The lowest BCUT2D eigenvalue weighted by Crippen LogP contribution is -2.45. The summed E-state index contributed by atoms with van der Waals surface area (Å²) >= 11 is 1.68. The first kappa shape index (κ1) is 14.5. The first-order chi connectivity index (χ1) is 8.90. The molecular formula is C15H24N2OS. The van der Waals surface area contributed by atoms with E-state index in [1.807, 2.05) is 11.8 Å². The molecule has 1 aliphatic rings. The maximum absolute atomic E-state index is 12.8. The number of thiophene rings is 1. The second-order valence-electron chi connectivity index (χ2n) is 5.99. The molecule has 1 fully saturated rings. The first-order valence-electron chi connectivity index (χ1n) is 7.03. The molecule has 1 amide bonds. The lowest BCUT2D eigenvalue weighted by atomic mass is 9.97. The number of nitrogens with zero attached hydrogens (tertiary/aromatic N) is 1. The summed E-state index contributed by atoms with van der Waals surface area (Å²) in [6.07, 6.45) is 0.828. The van der Waals surface area contributed by atoms with Crippen LogP contribution in [0.5, 0.6) is 0 Å². The predicted molar refractivity (Wildman–Crippen MR) is 80.0 cm³/mol. The van der Waals surface area contributed by atoms with Gasteiger partial charge in [0.1, 0.15) is 6.17 Å². The highest BCUT2D eigenvalue weighted by atomic mass is 32.1. The normalized spacial score (nSPS) is 29.3. The van der Waals surface area contributed by atoms with E-state index in [4.69, 9.17) is 0 Å². The Hall–Kier alpha value is -0.870. The van der Waals surface area contributed by atoms with Crippen LogP contribution in [0.1, 0.15) is 52.8 Å². The van der Waals surface area contributed by atoms with Crippen LogP contribution in [0.2, 0.25) is 0 Å². The number of rotatable bonds is 4. The number of carbonyl (C=O) groups excluding carboxylic acids is 1. The van der Waals surface area contributed by atoms with Crippen LogP contribution in [0, 0.1) is 5.92 Å². The lowest BCUT2D eigenvalue weighted by Gasteiger charge is -2.32. The van der Waals surface area contributed by atoms with Crippen LogP contribution in [-0.2, 0) is 4.79 Å². The molecule has 0 bridgehead atoms. The molecule has 19 heavy (non-hydrogen) atoms. The Balaban J connectivity index is 2.37. The summed E-state index contributed by atoms with van der Waals surface area (Å²) in [7, 11) is 0. The van der Waals surface area contributed by atoms with Gasteiger partial charge in [0.2, 0.25) is 5.91 Å². The molecule has 0 saturated carbocycles. The summed E-state index contributed by atoms with van der Waals surface area (Å²) < 4.78 is 0. The third kappa shape index (κ3) is 2.43. The second kappa shape index (κ2) is 5.25. The third-order valence-corrected chi connectivity index (χ3v) is 5.11. The lowest BCUT2D eigenvalue weighted by molar-refractivity contribution is -0.135. The van der Waals surface area contributed by atoms with Gasteiger partial charge in [-0.1, -0.05) is 20.8 Å². The van der Waals surface area contributed by atoms with E-state index in [0.717, 1.165) is 6.42 Å². The van der Waals surface area contributed by atoms with Crippen molar-refractivity contribution in [2.24, 2.45) is 5.92 Å². The Morgan fingerprint density at radius 1 is 1.47 bits per heavy atom. The van der Waals surface area contributed by atoms with Crippen LogP contribution in [-0.4, -0.2) is 22.4 Å². The summed E-state index contributed by atoms with van der Waals surface area (Å²) in [6.45, 7) is 10.6. The van der Waals surface area contributed by atoms with Gasteiger partial charge in [-0.05, 0) is 48.6 Å². The number of carbonyl (C=O) groups is 1. The number of amides is 1. The minimum absolute atomic E-state index is 0.0149. The molecule has 0 spiro atoms. The van der Waals surface area contributed by atoms with Gasteiger partial charge >= 0.3 is 0 Å². The van der Waals surface area contributed by atoms with Crippen molar-refractivity contribution >= 4 is 17.2 Å². The van der Waals surface area contributed by atoms with Gasteiger partial charge in [0.05, 0.1) is 5.54 Å². The standard InChI is InChI=1S/C15H24N2OS/c1-6-15(5)14(18)17(11(4)10(2)3)13(16-15)12-7-8-19-9-12/h7-11,13,16H,6H2,1-5H3. The van der Waals surface area contributed by atoms with E-state index in [1.165, 1.54) is 5.56 Å². The molecule has 1 aromatic rings. The molecule has 4 heteroatoms. The second-order valence-corrected chi connectivity index (χ2v) is 6.77. The molecule has 2 rings (SSSR count). The van der Waals surface area contributed by atoms with E-state index < -0.39 is 5.54 Å². The van der Waals surface area contributed by atoms with Crippen LogP contribution >= 0.6 is 11.3 Å². The SMILES string of the molecule is CCC1(C)NC(c2ccsc2)N(C(C)C(C)C)C1=O. The fraction of sp³-hybridized carbons (Fsp3) is 0.667. The molecule has 2 heterocycles. The average Bonchev–Trinajstić information content (AvgIpc) is 2.97. The Morgan fingerprint density at radius 3 is 2.63 bits per heavy atom. The van der Waals surface area contributed by atoms with E-state index in [2.05, 4.69) is 49.8 Å². The van der Waals surface area contributed by atoms with Crippen LogP contribution in [0.15, 0.2) is 16.8 Å². The van der Waals surface area contributed by atoms with Gasteiger partial charge in [-0.3, -0.25) is 10.1 Å². The van der Waals surface area contributed by atoms with Crippen molar-refractivity contribution in [2.75, 3.05) is 0 Å². The van der Waals surface area contributed by atoms with Gasteiger partial charge in [-0.2, -0.15) is 11.3 Å². The van der Waals surface area contributed by atoms with E-state index in [-0.39, 0.29) is 18.1 Å². The zero-order valence-corrected chi connectivity index (χ0v) is 13.3. The van der Waals surface area contributed by atoms with Crippen LogP contribution in [0.3, 0.4) is 0 Å². The summed E-state index contributed by atoms with van der Waals surface area (Å²) in [5.41, 5.74) is 0.762. The smallest absolute Gasteiger partial charge is 0.244 e. The van der Waals surface area contributed by atoms with Crippen molar-refractivity contribution in [3.05, 3.63) is 22.4 Å². The largest absolute Gasteiger partial charge is 0.318 e. The van der Waals surface area contributed by atoms with Crippen molar-refractivity contribution in [3.63, 3.8) is 0 Å². The van der Waals surface area contributed by atoms with Crippen LogP contribution < -0.4 is 5.32 Å². The van der Waals surface area contributed by atoms with Crippen molar-refractivity contribution in [3.8, 4) is 0 Å². The molecule has 1 N–H and O–H groups in total. The first-order valence-corrected chi connectivity index (χ1v) is 7.97. The highest BCUT2D eigenvalue weighted by Gasteiger charge is 2.49. The van der Waals surface area contributed by atoms with Gasteiger partial charge in [0, 0.05) is 6.04 Å². The molecule has 3 nitrogen and oxygen atoms in total. The molecular weight excluding hydrogens is 256 g/mol. The molecule has 3 atom stereocenters. The maximum Gasteiger partial charge on any atom is 0.244 e. The van der Waals surface area contributed by atoms with Gasteiger partial charge in [-0.25, -0.2) is 0 Å². The quantitative estimate of drug-likeness (QED) is 0.917. The van der Waals surface area contributed by atoms with E-state index in [1.54, 1.807) is 11.3 Å². The van der Waals surface area contributed by atoms with Crippen LogP contribution in [0.25, 0.3) is 0 Å². The summed E-state index contributed by atoms with van der Waals surface area (Å²) in [4.78, 5) is 14.8. The Labute approximate surface area is 120 Å². The number of hydrogen-bond donors (Lipinski definition) is 1. The predicted octanol–water partition coefficient (Wildman–Crippen LogP) is 3.39. The fourth-order valence-electron chi connectivity index (χ4n) is 2.50. The van der Waals surface area contributed by atoms with Gasteiger partial charge in [0.15, 0.2) is 0 Å². The summed E-state index contributed by atoms with van der Waals surface area (Å²) in [5, 5.41) is 7.74. The molecule has 0 radical (unpaired) electrons. The number of hydrogen-bond acceptors (Lipinski definition) is 3. The van der Waals surface area contributed by atoms with Crippen molar-refractivity contribution in [2.45, 2.75) is 58.8 Å². The molecule has 0 aliphatic carbocycles. The molecule has 1 aromatic heterocycles. The van der Waals surface area contributed by atoms with Crippen LogP contribution in [0.4, 0.5) is 0 Å². The molecule has 1 aliphatic heterocycles. The van der Waals surface area contributed by atoms with E-state index in [0.29, 0.717) is 5.92 Å². The highest BCUT2D eigenvalue weighted by Crippen LogP contribution is 2.36. The topological polar surface area (TPSA) is 32.3 Å². The molecule has 0 aromatic carbocycles. The van der Waals surface area contributed by atoms with E-state index >= 15 is 0 Å². The highest BCUT2D eigenvalue weighted by molar-refractivity contribution is 7.07. The average molecular weight is 280 g/mol. The number of nitrogens with one attached hydrogen (secondary N) is 1. The van der Waals surface area contributed by atoms with Crippen molar-refractivity contribution in [1.82, 2.24) is 10.2 Å². The Kier molecular flexibility index (Phi) is 4.02. The monoisotopic (exact) mass is 280 g/mol. The van der Waals surface area contributed by atoms with Gasteiger partial charge < -0.3 is 4.90 Å². The Bertz CT molecular complexity index is 443. The summed E-state index contributed by atoms with van der Waals surface area (Å²) in [5.74, 6) is 0.679. The minimum Gasteiger partial charge on any atom is -0.318 e. The fourth-order valence-corrected chi connectivity index (χ4v) is 3.18.